The number of hydrogen-bond acceptors (Lipinski definition) is 5. The number of carbonyl (C=O) groups excluding carboxylic acids is 1. The molecule has 1 amide bonds. The summed E-state index contributed by atoms with van der Waals surface area (Å²) in [6.45, 7) is 2.73. The van der Waals surface area contributed by atoms with Crippen LogP contribution in [0.4, 0.5) is 24.1 Å². The molecule has 0 aromatic carbocycles. The lowest BCUT2D eigenvalue weighted by molar-refractivity contribution is -0.183. The van der Waals surface area contributed by atoms with E-state index in [1.54, 1.807) is 0 Å². The van der Waals surface area contributed by atoms with Gasteiger partial charge in [-0.05, 0) is 19.8 Å². The molecule has 2 rings (SSSR count). The second-order valence-corrected chi connectivity index (χ2v) is 5.87. The molecule has 21 heavy (non-hydrogen) atoms. The quantitative estimate of drug-likeness (QED) is 0.897. The fourth-order valence-corrected chi connectivity index (χ4v) is 3.19. The van der Waals surface area contributed by atoms with Crippen LogP contribution >= 0.6 is 11.3 Å². The Bertz CT molecular complexity index is 509. The summed E-state index contributed by atoms with van der Waals surface area (Å²) in [6.07, 6.45) is -4.31. The molecule has 1 fully saturated rings. The van der Waals surface area contributed by atoms with Crippen LogP contribution in [0.2, 0.25) is 0 Å². The molecule has 0 radical (unpaired) electrons. The fourth-order valence-electron chi connectivity index (χ4n) is 2.27. The first-order chi connectivity index (χ1) is 9.82. The average Bonchev–Trinajstić information content (AvgIpc) is 2.78. The number of likely N-dealkylation sites (tertiary alicyclic amines) is 1. The van der Waals surface area contributed by atoms with E-state index in [4.69, 9.17) is 5.73 Å². The molecule has 1 aromatic heterocycles. The molecule has 0 unspecified atom stereocenters. The Labute approximate surface area is 124 Å². The van der Waals surface area contributed by atoms with Gasteiger partial charge >= 0.3 is 6.18 Å². The number of thiazole rings is 1. The highest BCUT2D eigenvalue weighted by atomic mass is 32.1. The number of anilines is 2. The lowest BCUT2D eigenvalue weighted by Crippen LogP contribution is -2.42. The van der Waals surface area contributed by atoms with Gasteiger partial charge in [0, 0.05) is 19.6 Å². The first-order valence-electron chi connectivity index (χ1n) is 6.69. The molecule has 0 bridgehead atoms. The summed E-state index contributed by atoms with van der Waals surface area (Å²) >= 11 is 1.13. The number of halogens is 3. The normalized spacial score (nSPS) is 17.0. The average molecular weight is 322 g/mol. The third kappa shape index (κ3) is 3.58. The van der Waals surface area contributed by atoms with Crippen molar-refractivity contribution in [2.24, 2.45) is 5.92 Å². The minimum Gasteiger partial charge on any atom is -0.382 e. The molecule has 0 spiro atoms. The van der Waals surface area contributed by atoms with E-state index in [9.17, 15) is 18.0 Å². The summed E-state index contributed by atoms with van der Waals surface area (Å²) in [4.78, 5) is 18.0. The van der Waals surface area contributed by atoms with Gasteiger partial charge in [-0.2, -0.15) is 13.2 Å². The Morgan fingerprint density at radius 3 is 2.62 bits per heavy atom. The van der Waals surface area contributed by atoms with Crippen LogP contribution in [0.3, 0.4) is 0 Å². The summed E-state index contributed by atoms with van der Waals surface area (Å²) in [5.74, 6) is -1.54. The standard InChI is InChI=1S/C12H17F3N4OS/c1-2-17-11-18-9(16)8(21-11)10(20)19-5-3-7(4-6-19)12(13,14)15/h7H,2-6,16H2,1H3,(H,17,18). The molecule has 118 valence electrons. The first-order valence-corrected chi connectivity index (χ1v) is 7.50. The second-order valence-electron chi connectivity index (χ2n) is 4.87. The van der Waals surface area contributed by atoms with Crippen molar-refractivity contribution in [2.45, 2.75) is 25.9 Å². The number of aromatic nitrogens is 1. The topological polar surface area (TPSA) is 71.2 Å². The molecular formula is C12H17F3N4OS. The summed E-state index contributed by atoms with van der Waals surface area (Å²) in [7, 11) is 0. The van der Waals surface area contributed by atoms with Crippen molar-refractivity contribution in [2.75, 3.05) is 30.7 Å². The number of alkyl halides is 3. The number of nitrogen functional groups attached to an aromatic ring is 1. The van der Waals surface area contributed by atoms with Crippen LogP contribution < -0.4 is 11.1 Å². The molecular weight excluding hydrogens is 305 g/mol. The summed E-state index contributed by atoms with van der Waals surface area (Å²) in [6, 6.07) is 0. The van der Waals surface area contributed by atoms with Crippen LogP contribution in [0, 0.1) is 5.92 Å². The number of nitrogens with zero attached hydrogens (tertiary/aromatic N) is 2. The first kappa shape index (κ1) is 15.9. The predicted molar refractivity (Wildman–Crippen MR) is 75.4 cm³/mol. The molecule has 0 aliphatic carbocycles. The Morgan fingerprint density at radius 1 is 1.48 bits per heavy atom. The number of hydrogen-bond donors (Lipinski definition) is 2. The van der Waals surface area contributed by atoms with E-state index in [1.807, 2.05) is 6.92 Å². The molecule has 0 atom stereocenters. The zero-order chi connectivity index (χ0) is 15.6. The number of carbonyl (C=O) groups is 1. The van der Waals surface area contributed by atoms with Crippen molar-refractivity contribution in [3.63, 3.8) is 0 Å². The Morgan fingerprint density at radius 2 is 2.10 bits per heavy atom. The Kier molecular flexibility index (Phi) is 4.60. The fraction of sp³-hybridized carbons (Fsp3) is 0.667. The number of piperidine rings is 1. The highest BCUT2D eigenvalue weighted by Gasteiger charge is 2.42. The van der Waals surface area contributed by atoms with E-state index >= 15 is 0 Å². The molecule has 1 aliphatic rings. The van der Waals surface area contributed by atoms with Crippen LogP contribution in [-0.2, 0) is 0 Å². The maximum Gasteiger partial charge on any atom is 0.391 e. The monoisotopic (exact) mass is 322 g/mol. The molecule has 1 aliphatic heterocycles. The van der Waals surface area contributed by atoms with Crippen LogP contribution in [0.1, 0.15) is 29.4 Å². The van der Waals surface area contributed by atoms with Crippen molar-refractivity contribution in [3.8, 4) is 0 Å². The lowest BCUT2D eigenvalue weighted by atomic mass is 9.96. The SMILES string of the molecule is CCNc1nc(N)c(C(=O)N2CCC(C(F)(F)F)CC2)s1. The maximum absolute atomic E-state index is 12.6. The Hall–Kier alpha value is -1.51. The number of amides is 1. The highest BCUT2D eigenvalue weighted by Crippen LogP contribution is 2.35. The lowest BCUT2D eigenvalue weighted by Gasteiger charge is -2.32. The van der Waals surface area contributed by atoms with Gasteiger partial charge in [0.1, 0.15) is 10.7 Å². The third-order valence-corrected chi connectivity index (χ3v) is 4.44. The molecule has 0 saturated carbocycles. The maximum atomic E-state index is 12.6. The zero-order valence-electron chi connectivity index (χ0n) is 11.5. The van der Waals surface area contributed by atoms with Gasteiger partial charge in [-0.15, -0.1) is 0 Å². The van der Waals surface area contributed by atoms with E-state index < -0.39 is 12.1 Å². The molecule has 1 aromatic rings. The van der Waals surface area contributed by atoms with Gasteiger partial charge in [0.2, 0.25) is 0 Å². The van der Waals surface area contributed by atoms with Gasteiger partial charge < -0.3 is 16.0 Å². The van der Waals surface area contributed by atoms with E-state index in [2.05, 4.69) is 10.3 Å². The van der Waals surface area contributed by atoms with Crippen LogP contribution in [-0.4, -0.2) is 41.6 Å². The highest BCUT2D eigenvalue weighted by molar-refractivity contribution is 7.18. The molecule has 3 N–H and O–H groups in total. The summed E-state index contributed by atoms with van der Waals surface area (Å²) in [5, 5.41) is 3.51. The molecule has 9 heteroatoms. The van der Waals surface area contributed by atoms with E-state index in [-0.39, 0.29) is 42.5 Å². The third-order valence-electron chi connectivity index (χ3n) is 3.42. The smallest absolute Gasteiger partial charge is 0.382 e. The predicted octanol–water partition coefficient (Wildman–Crippen LogP) is 2.57. The van der Waals surface area contributed by atoms with Crippen LogP contribution in [0.5, 0.6) is 0 Å². The number of nitrogens with one attached hydrogen (secondary N) is 1. The van der Waals surface area contributed by atoms with Gasteiger partial charge in [-0.25, -0.2) is 4.98 Å². The van der Waals surface area contributed by atoms with Gasteiger partial charge in [0.05, 0.1) is 5.92 Å². The summed E-state index contributed by atoms with van der Waals surface area (Å²) in [5.41, 5.74) is 5.71. The molecule has 1 saturated heterocycles. The van der Waals surface area contributed by atoms with Crippen molar-refractivity contribution in [3.05, 3.63) is 4.88 Å². The molecule has 2 heterocycles. The molecule has 5 nitrogen and oxygen atoms in total. The van der Waals surface area contributed by atoms with Crippen molar-refractivity contribution < 1.29 is 18.0 Å². The van der Waals surface area contributed by atoms with E-state index in [0.717, 1.165) is 11.3 Å². The van der Waals surface area contributed by atoms with E-state index in [1.165, 1.54) is 4.90 Å². The number of nitrogens with two attached hydrogens (primary N) is 1. The number of rotatable bonds is 3. The second kappa shape index (κ2) is 6.08. The van der Waals surface area contributed by atoms with Crippen LogP contribution in [0.15, 0.2) is 0 Å². The summed E-state index contributed by atoms with van der Waals surface area (Å²) < 4.78 is 37.8. The van der Waals surface area contributed by atoms with Crippen molar-refractivity contribution in [1.82, 2.24) is 9.88 Å². The van der Waals surface area contributed by atoms with Gasteiger partial charge in [0.15, 0.2) is 5.13 Å². The zero-order valence-corrected chi connectivity index (χ0v) is 12.4. The van der Waals surface area contributed by atoms with E-state index in [0.29, 0.717) is 11.7 Å². The van der Waals surface area contributed by atoms with Crippen molar-refractivity contribution >= 4 is 28.2 Å². The largest absolute Gasteiger partial charge is 0.391 e. The van der Waals surface area contributed by atoms with Gasteiger partial charge in [-0.3, -0.25) is 4.79 Å². The van der Waals surface area contributed by atoms with Crippen LogP contribution in [0.25, 0.3) is 0 Å². The van der Waals surface area contributed by atoms with Gasteiger partial charge in [0.25, 0.3) is 5.91 Å². The minimum atomic E-state index is -4.18. The Balaban J connectivity index is 2.02. The minimum absolute atomic E-state index is 0.0615. The van der Waals surface area contributed by atoms with Crippen molar-refractivity contribution in [1.29, 1.82) is 0 Å². The van der Waals surface area contributed by atoms with Gasteiger partial charge in [-0.1, -0.05) is 11.3 Å².